The minimum Gasteiger partial charge on any atom is -0.508 e. The lowest BCUT2D eigenvalue weighted by Crippen LogP contribution is -2.39. The lowest BCUT2D eigenvalue weighted by atomic mass is 10.1. The van der Waals surface area contributed by atoms with Crippen LogP contribution in [0.3, 0.4) is 0 Å². The van der Waals surface area contributed by atoms with Crippen molar-refractivity contribution in [3.63, 3.8) is 0 Å². The Hall–Kier alpha value is -3.16. The van der Waals surface area contributed by atoms with Crippen LogP contribution in [0.1, 0.15) is 12.5 Å². The van der Waals surface area contributed by atoms with Gasteiger partial charge in [-0.1, -0.05) is 0 Å². The Labute approximate surface area is 156 Å². The Kier molecular flexibility index (Phi) is 7.54. The number of aromatic hydroxyl groups is 1. The largest absolute Gasteiger partial charge is 0.508 e. The minimum atomic E-state index is -0.488. The molecule has 0 aliphatic rings. The predicted octanol–water partition coefficient (Wildman–Crippen LogP) is 2.41. The zero-order valence-electron chi connectivity index (χ0n) is 14.9. The Bertz CT molecular complexity index is 795. The smallest absolute Gasteiger partial charge is 0.246 e. The van der Waals surface area contributed by atoms with Gasteiger partial charge < -0.3 is 21.1 Å². The summed E-state index contributed by atoms with van der Waals surface area (Å²) in [6.07, 6.45) is 0.272. The first-order valence-electron chi connectivity index (χ1n) is 8.53. The first-order valence-corrected chi connectivity index (χ1v) is 8.53. The molecule has 0 aliphatic heterocycles. The molecule has 0 aromatic heterocycles. The topological polar surface area (TPSA) is 85.8 Å². The van der Waals surface area contributed by atoms with Crippen molar-refractivity contribution in [2.45, 2.75) is 13.3 Å². The zero-order chi connectivity index (χ0) is 19.6. The Morgan fingerprint density at radius 2 is 1.85 bits per heavy atom. The van der Waals surface area contributed by atoms with Crippen LogP contribution in [0.2, 0.25) is 0 Å². The SMILES string of the molecule is CCNC(=NCC(=O)Nc1ccc(O)cc1)NCCc1cc(F)ccc1F. The molecule has 0 radical (unpaired) electrons. The molecule has 27 heavy (non-hydrogen) atoms. The van der Waals surface area contributed by atoms with Crippen LogP contribution >= 0.6 is 0 Å². The van der Waals surface area contributed by atoms with Crippen molar-refractivity contribution >= 4 is 17.6 Å². The number of anilines is 1. The minimum absolute atomic E-state index is 0.111. The van der Waals surface area contributed by atoms with Gasteiger partial charge in [0, 0.05) is 18.8 Å². The van der Waals surface area contributed by atoms with E-state index in [1.165, 1.54) is 12.1 Å². The summed E-state index contributed by atoms with van der Waals surface area (Å²) < 4.78 is 26.8. The summed E-state index contributed by atoms with van der Waals surface area (Å²) in [7, 11) is 0. The number of nitrogens with one attached hydrogen (secondary N) is 3. The van der Waals surface area contributed by atoms with Gasteiger partial charge in [-0.15, -0.1) is 0 Å². The molecule has 4 N–H and O–H groups in total. The van der Waals surface area contributed by atoms with Crippen molar-refractivity contribution in [1.82, 2.24) is 10.6 Å². The lowest BCUT2D eigenvalue weighted by molar-refractivity contribution is -0.114. The van der Waals surface area contributed by atoms with E-state index < -0.39 is 11.6 Å². The number of nitrogens with zero attached hydrogens (tertiary/aromatic N) is 1. The van der Waals surface area contributed by atoms with Crippen LogP contribution in [0, 0.1) is 11.6 Å². The molecule has 1 amide bonds. The molecule has 2 rings (SSSR count). The van der Waals surface area contributed by atoms with Crippen molar-refractivity contribution < 1.29 is 18.7 Å². The Morgan fingerprint density at radius 3 is 2.56 bits per heavy atom. The van der Waals surface area contributed by atoms with E-state index >= 15 is 0 Å². The molecule has 2 aromatic rings. The maximum Gasteiger partial charge on any atom is 0.246 e. The van der Waals surface area contributed by atoms with Crippen LogP contribution in [0.25, 0.3) is 0 Å². The fourth-order valence-electron chi connectivity index (χ4n) is 2.29. The van der Waals surface area contributed by atoms with Gasteiger partial charge in [0.05, 0.1) is 0 Å². The molecular formula is C19H22F2N4O2. The summed E-state index contributed by atoms with van der Waals surface area (Å²) in [5.41, 5.74) is 0.816. The van der Waals surface area contributed by atoms with Gasteiger partial charge in [-0.2, -0.15) is 0 Å². The molecule has 0 saturated heterocycles. The van der Waals surface area contributed by atoms with Gasteiger partial charge in [-0.05, 0) is 61.4 Å². The highest BCUT2D eigenvalue weighted by Gasteiger charge is 2.06. The van der Waals surface area contributed by atoms with E-state index in [-0.39, 0.29) is 30.2 Å². The number of carbonyl (C=O) groups excluding carboxylic acids is 1. The highest BCUT2D eigenvalue weighted by atomic mass is 19.1. The predicted molar refractivity (Wildman–Crippen MR) is 101 cm³/mol. The average Bonchev–Trinajstić information content (AvgIpc) is 2.64. The zero-order valence-corrected chi connectivity index (χ0v) is 14.9. The second-order valence-corrected chi connectivity index (χ2v) is 5.70. The third-order valence-electron chi connectivity index (χ3n) is 3.57. The van der Waals surface area contributed by atoms with E-state index in [4.69, 9.17) is 0 Å². The van der Waals surface area contributed by atoms with Crippen LogP contribution in [-0.4, -0.2) is 36.6 Å². The molecule has 2 aromatic carbocycles. The Morgan fingerprint density at radius 1 is 1.11 bits per heavy atom. The van der Waals surface area contributed by atoms with Crippen molar-refractivity contribution in [1.29, 1.82) is 0 Å². The van der Waals surface area contributed by atoms with E-state index in [1.807, 2.05) is 6.92 Å². The Balaban J connectivity index is 1.86. The molecule has 0 saturated carbocycles. The van der Waals surface area contributed by atoms with Crippen molar-refractivity contribution in [2.75, 3.05) is 25.0 Å². The van der Waals surface area contributed by atoms with Crippen LogP contribution in [-0.2, 0) is 11.2 Å². The number of phenolic OH excluding ortho intramolecular Hbond substituents is 1. The number of phenols is 1. The first kappa shape index (κ1) is 20.2. The van der Waals surface area contributed by atoms with Crippen molar-refractivity contribution in [2.24, 2.45) is 4.99 Å². The molecular weight excluding hydrogens is 354 g/mol. The summed E-state index contributed by atoms with van der Waals surface area (Å²) in [6.45, 7) is 2.66. The number of rotatable bonds is 7. The molecule has 0 spiro atoms. The molecule has 0 atom stereocenters. The first-order chi connectivity index (χ1) is 13.0. The van der Waals surface area contributed by atoms with Crippen LogP contribution in [0.4, 0.5) is 14.5 Å². The summed E-state index contributed by atoms with van der Waals surface area (Å²) in [5, 5.41) is 17.8. The monoisotopic (exact) mass is 376 g/mol. The molecule has 0 fully saturated rings. The average molecular weight is 376 g/mol. The molecule has 0 bridgehead atoms. The molecule has 144 valence electrons. The maximum absolute atomic E-state index is 13.6. The molecule has 8 heteroatoms. The van der Waals surface area contributed by atoms with Crippen LogP contribution < -0.4 is 16.0 Å². The van der Waals surface area contributed by atoms with Crippen LogP contribution in [0.5, 0.6) is 5.75 Å². The number of hydrogen-bond donors (Lipinski definition) is 4. The molecule has 0 heterocycles. The summed E-state index contributed by atoms with van der Waals surface area (Å²) >= 11 is 0. The fraction of sp³-hybridized carbons (Fsp3) is 0.263. The second-order valence-electron chi connectivity index (χ2n) is 5.70. The van der Waals surface area contributed by atoms with Gasteiger partial charge in [0.1, 0.15) is 23.9 Å². The number of amides is 1. The second kappa shape index (κ2) is 10.1. The number of halogens is 2. The number of carbonyl (C=O) groups is 1. The molecule has 6 nitrogen and oxygen atoms in total. The number of aliphatic imine (C=N–C) groups is 1. The van der Waals surface area contributed by atoms with E-state index in [2.05, 4.69) is 20.9 Å². The van der Waals surface area contributed by atoms with Crippen LogP contribution in [0.15, 0.2) is 47.5 Å². The molecule has 0 aliphatic carbocycles. The fourth-order valence-corrected chi connectivity index (χ4v) is 2.29. The normalized spacial score (nSPS) is 11.1. The van der Waals surface area contributed by atoms with Gasteiger partial charge in [0.2, 0.25) is 5.91 Å². The number of hydrogen-bond acceptors (Lipinski definition) is 3. The van der Waals surface area contributed by atoms with Gasteiger partial charge in [-0.3, -0.25) is 4.79 Å². The highest BCUT2D eigenvalue weighted by molar-refractivity contribution is 5.94. The van der Waals surface area contributed by atoms with Crippen molar-refractivity contribution in [3.05, 3.63) is 59.7 Å². The summed E-state index contributed by atoms with van der Waals surface area (Å²) in [6, 6.07) is 9.42. The third kappa shape index (κ3) is 6.93. The quantitative estimate of drug-likeness (QED) is 0.340. The number of guanidine groups is 1. The summed E-state index contributed by atoms with van der Waals surface area (Å²) in [5.74, 6) is -0.769. The maximum atomic E-state index is 13.6. The van der Waals surface area contributed by atoms with Gasteiger partial charge in [-0.25, -0.2) is 13.8 Å². The van der Waals surface area contributed by atoms with E-state index in [1.54, 1.807) is 12.1 Å². The van der Waals surface area contributed by atoms with Gasteiger partial charge in [0.25, 0.3) is 0 Å². The van der Waals surface area contributed by atoms with Crippen molar-refractivity contribution in [3.8, 4) is 5.75 Å². The number of benzene rings is 2. The summed E-state index contributed by atoms with van der Waals surface area (Å²) in [4.78, 5) is 16.1. The standard InChI is InChI=1S/C19H22F2N4O2/c1-2-22-19(23-10-9-13-11-14(20)3-8-17(13)21)24-12-18(27)25-15-4-6-16(26)7-5-15/h3-8,11,26H,2,9-10,12H2,1H3,(H,25,27)(H2,22,23,24). The third-order valence-corrected chi connectivity index (χ3v) is 3.57. The van der Waals surface area contributed by atoms with E-state index in [0.717, 1.165) is 18.2 Å². The van der Waals surface area contributed by atoms with Gasteiger partial charge >= 0.3 is 0 Å². The van der Waals surface area contributed by atoms with Gasteiger partial charge in [0.15, 0.2) is 5.96 Å². The lowest BCUT2D eigenvalue weighted by Gasteiger charge is -2.12. The highest BCUT2D eigenvalue weighted by Crippen LogP contribution is 2.13. The van der Waals surface area contributed by atoms with E-state index in [0.29, 0.717) is 24.7 Å². The molecule has 0 unspecified atom stereocenters. The van der Waals surface area contributed by atoms with E-state index in [9.17, 15) is 18.7 Å².